The number of amides is 1. The van der Waals surface area contributed by atoms with Crippen LogP contribution < -0.4 is 5.32 Å². The molecule has 0 fully saturated rings. The Hall–Kier alpha value is -1.61. The fraction of sp³-hybridized carbons (Fsp3) is 0.750. The number of aliphatic hydroxyl groups is 1. The number of carbonyl (C=O) groups excluding carboxylic acids is 1. The second kappa shape index (κ2) is 7.67. The third kappa shape index (κ3) is 6.21. The minimum atomic E-state index is -1.22. The second-order valence-corrected chi connectivity index (χ2v) is 4.81. The third-order valence-corrected chi connectivity index (χ3v) is 2.42. The van der Waals surface area contributed by atoms with Gasteiger partial charge in [-0.05, 0) is 25.7 Å². The van der Waals surface area contributed by atoms with Crippen molar-refractivity contribution in [2.24, 2.45) is 11.8 Å². The highest BCUT2D eigenvalue weighted by atomic mass is 16.4. The average Bonchev–Trinajstić information content (AvgIpc) is 2.26. The second-order valence-electron chi connectivity index (χ2n) is 4.81. The number of carboxylic acids is 1. The molecule has 0 spiro atoms. The van der Waals surface area contributed by atoms with E-state index in [2.05, 4.69) is 5.32 Å². The van der Waals surface area contributed by atoms with Gasteiger partial charge in [0.2, 0.25) is 5.91 Å². The van der Waals surface area contributed by atoms with Gasteiger partial charge < -0.3 is 15.5 Å². The van der Waals surface area contributed by atoms with Gasteiger partial charge in [-0.1, -0.05) is 13.8 Å². The van der Waals surface area contributed by atoms with Crippen molar-refractivity contribution in [3.05, 3.63) is 0 Å². The molecule has 0 unspecified atom stereocenters. The van der Waals surface area contributed by atoms with Crippen LogP contribution in [-0.4, -0.2) is 34.2 Å². The van der Waals surface area contributed by atoms with E-state index in [-0.39, 0.29) is 18.8 Å². The number of nitrogens with zero attached hydrogens (tertiary/aromatic N) is 1. The van der Waals surface area contributed by atoms with E-state index in [0.29, 0.717) is 0 Å². The summed E-state index contributed by atoms with van der Waals surface area (Å²) in [6.07, 6.45) is -0.929. The maximum Gasteiger partial charge on any atom is 0.326 e. The summed E-state index contributed by atoms with van der Waals surface area (Å²) in [5, 5.41) is 29.3. The normalized spacial score (nSPS) is 15.6. The monoisotopic (exact) mass is 256 g/mol. The van der Waals surface area contributed by atoms with Gasteiger partial charge in [0.1, 0.15) is 12.1 Å². The zero-order valence-electron chi connectivity index (χ0n) is 10.9. The van der Waals surface area contributed by atoms with Crippen molar-refractivity contribution in [2.45, 2.75) is 45.8 Å². The predicted molar refractivity (Wildman–Crippen MR) is 64.4 cm³/mol. The molecule has 3 atom stereocenters. The summed E-state index contributed by atoms with van der Waals surface area (Å²) in [5.41, 5.74) is 0. The van der Waals surface area contributed by atoms with Gasteiger partial charge in [-0.15, -0.1) is 0 Å². The third-order valence-electron chi connectivity index (χ3n) is 2.42. The number of hydrogen-bond donors (Lipinski definition) is 3. The van der Waals surface area contributed by atoms with E-state index in [1.165, 1.54) is 0 Å². The van der Waals surface area contributed by atoms with Crippen LogP contribution in [0, 0.1) is 23.2 Å². The molecule has 0 bridgehead atoms. The van der Waals surface area contributed by atoms with E-state index in [9.17, 15) is 14.7 Å². The first-order valence-electron chi connectivity index (χ1n) is 5.88. The minimum Gasteiger partial charge on any atom is -0.480 e. The first-order valence-corrected chi connectivity index (χ1v) is 5.88. The molecule has 0 saturated carbocycles. The van der Waals surface area contributed by atoms with E-state index in [0.717, 1.165) is 0 Å². The summed E-state index contributed by atoms with van der Waals surface area (Å²) in [6.45, 7) is 5.28. The van der Waals surface area contributed by atoms with E-state index in [4.69, 9.17) is 10.4 Å². The van der Waals surface area contributed by atoms with Crippen LogP contribution >= 0.6 is 0 Å². The van der Waals surface area contributed by atoms with Crippen molar-refractivity contribution in [3.63, 3.8) is 0 Å². The quantitative estimate of drug-likeness (QED) is 0.614. The molecule has 102 valence electrons. The molecular weight excluding hydrogens is 236 g/mol. The van der Waals surface area contributed by atoms with Crippen LogP contribution in [-0.2, 0) is 9.59 Å². The van der Waals surface area contributed by atoms with Crippen LogP contribution in [0.15, 0.2) is 0 Å². The molecule has 0 saturated heterocycles. The Kier molecular flexibility index (Phi) is 6.98. The van der Waals surface area contributed by atoms with Crippen LogP contribution in [0.5, 0.6) is 0 Å². The number of carboxylic acid groups (broad SMARTS) is 1. The fourth-order valence-electron chi connectivity index (χ4n) is 1.45. The van der Waals surface area contributed by atoms with E-state index in [1.54, 1.807) is 6.92 Å². The zero-order chi connectivity index (χ0) is 14.3. The Morgan fingerprint density at radius 3 is 2.22 bits per heavy atom. The highest BCUT2D eigenvalue weighted by Gasteiger charge is 2.25. The van der Waals surface area contributed by atoms with Crippen LogP contribution in [0.2, 0.25) is 0 Å². The summed E-state index contributed by atoms with van der Waals surface area (Å²) in [4.78, 5) is 22.5. The topological polar surface area (TPSA) is 110 Å². The Morgan fingerprint density at radius 2 is 1.83 bits per heavy atom. The van der Waals surface area contributed by atoms with Crippen LogP contribution in [0.3, 0.4) is 0 Å². The average molecular weight is 256 g/mol. The lowest BCUT2D eigenvalue weighted by Gasteiger charge is -2.18. The Labute approximate surface area is 107 Å². The Bertz CT molecular complexity index is 335. The van der Waals surface area contributed by atoms with E-state index < -0.39 is 29.9 Å². The van der Waals surface area contributed by atoms with Crippen molar-refractivity contribution in [1.82, 2.24) is 5.32 Å². The lowest BCUT2D eigenvalue weighted by atomic mass is 10.0. The lowest BCUT2D eigenvalue weighted by Crippen LogP contribution is -2.46. The van der Waals surface area contributed by atoms with Gasteiger partial charge >= 0.3 is 5.97 Å². The van der Waals surface area contributed by atoms with Crippen molar-refractivity contribution in [2.75, 3.05) is 0 Å². The molecule has 0 rings (SSSR count). The summed E-state index contributed by atoms with van der Waals surface area (Å²) >= 11 is 0. The van der Waals surface area contributed by atoms with Gasteiger partial charge in [0.25, 0.3) is 0 Å². The SMILES string of the molecule is CC(C)C[C@@H](O)C(=O)N[C@@H](C[C@H](C)C#N)C(=O)O. The van der Waals surface area contributed by atoms with Gasteiger partial charge in [0, 0.05) is 5.92 Å². The van der Waals surface area contributed by atoms with Crippen LogP contribution in [0.25, 0.3) is 0 Å². The number of aliphatic hydroxyl groups excluding tert-OH is 1. The van der Waals surface area contributed by atoms with Crippen molar-refractivity contribution >= 4 is 11.9 Å². The summed E-state index contributed by atoms with van der Waals surface area (Å²) in [5.74, 6) is -2.26. The molecule has 0 aromatic heterocycles. The molecule has 1 amide bonds. The minimum absolute atomic E-state index is 0.0198. The first kappa shape index (κ1) is 16.4. The Balaban J connectivity index is 4.46. The molecule has 0 heterocycles. The highest BCUT2D eigenvalue weighted by Crippen LogP contribution is 2.08. The maximum absolute atomic E-state index is 11.6. The number of rotatable bonds is 7. The van der Waals surface area contributed by atoms with Crippen molar-refractivity contribution in [3.8, 4) is 6.07 Å². The van der Waals surface area contributed by atoms with Gasteiger partial charge in [-0.25, -0.2) is 4.79 Å². The molecule has 6 heteroatoms. The number of hydrogen-bond acceptors (Lipinski definition) is 4. The van der Waals surface area contributed by atoms with E-state index >= 15 is 0 Å². The van der Waals surface area contributed by atoms with Gasteiger partial charge in [0.05, 0.1) is 6.07 Å². The number of aliphatic carboxylic acids is 1. The molecule has 0 radical (unpaired) electrons. The molecule has 0 aliphatic rings. The highest BCUT2D eigenvalue weighted by molar-refractivity contribution is 5.86. The fourth-order valence-corrected chi connectivity index (χ4v) is 1.45. The molecule has 0 aromatic rings. The number of nitrogens with one attached hydrogen (secondary N) is 1. The van der Waals surface area contributed by atoms with Gasteiger partial charge in [-0.2, -0.15) is 5.26 Å². The molecule has 18 heavy (non-hydrogen) atoms. The summed E-state index contributed by atoms with van der Waals surface area (Å²) in [7, 11) is 0. The predicted octanol–water partition coefficient (Wildman–Crippen LogP) is 0.513. The molecule has 3 N–H and O–H groups in total. The van der Waals surface area contributed by atoms with Crippen LogP contribution in [0.1, 0.15) is 33.6 Å². The smallest absolute Gasteiger partial charge is 0.326 e. The summed E-state index contributed by atoms with van der Waals surface area (Å²) in [6, 6.07) is 0.763. The van der Waals surface area contributed by atoms with Crippen molar-refractivity contribution in [1.29, 1.82) is 5.26 Å². The number of carbonyl (C=O) groups is 2. The van der Waals surface area contributed by atoms with E-state index in [1.807, 2.05) is 19.9 Å². The molecule has 0 aromatic carbocycles. The summed E-state index contributed by atoms with van der Waals surface area (Å²) < 4.78 is 0. The first-order chi connectivity index (χ1) is 8.27. The standard InChI is InChI=1S/C12H20N2O4/c1-7(2)4-10(15)11(16)14-9(12(17)18)5-8(3)6-13/h7-10,15H,4-5H2,1-3H3,(H,14,16)(H,17,18)/t8-,9-,10+/m0/s1. The van der Waals surface area contributed by atoms with Gasteiger partial charge in [0.15, 0.2) is 0 Å². The lowest BCUT2D eigenvalue weighted by molar-refractivity contribution is -0.144. The van der Waals surface area contributed by atoms with Crippen LogP contribution in [0.4, 0.5) is 0 Å². The molecule has 0 aliphatic carbocycles. The molecular formula is C12H20N2O4. The van der Waals surface area contributed by atoms with Gasteiger partial charge in [-0.3, -0.25) is 4.79 Å². The molecule has 6 nitrogen and oxygen atoms in total. The maximum atomic E-state index is 11.6. The zero-order valence-corrected chi connectivity index (χ0v) is 10.9. The number of nitriles is 1. The molecule has 0 aliphatic heterocycles. The Morgan fingerprint density at radius 1 is 1.28 bits per heavy atom. The largest absolute Gasteiger partial charge is 0.480 e. The van der Waals surface area contributed by atoms with Crippen molar-refractivity contribution < 1.29 is 19.8 Å².